The van der Waals surface area contributed by atoms with E-state index in [0.29, 0.717) is 12.1 Å². The molecule has 0 aliphatic carbocycles. The van der Waals surface area contributed by atoms with Crippen molar-refractivity contribution >= 4 is 0 Å². The minimum atomic E-state index is 0.645. The molecule has 80 valence electrons. The summed E-state index contributed by atoms with van der Waals surface area (Å²) >= 11 is 0. The van der Waals surface area contributed by atoms with Crippen molar-refractivity contribution in [2.75, 3.05) is 21.2 Å². The third kappa shape index (κ3) is 3.24. The molecule has 1 N–H and O–H groups in total. The summed E-state index contributed by atoms with van der Waals surface area (Å²) < 4.78 is 5.21. The first-order valence-corrected chi connectivity index (χ1v) is 4.65. The summed E-state index contributed by atoms with van der Waals surface area (Å²) in [7, 11) is 5.46. The molecule has 0 aromatic heterocycles. The Labute approximate surface area is 90.0 Å². The van der Waals surface area contributed by atoms with E-state index in [1.807, 2.05) is 31.2 Å². The van der Waals surface area contributed by atoms with E-state index in [0.717, 1.165) is 11.3 Å². The third-order valence-corrected chi connectivity index (χ3v) is 2.00. The second-order valence-corrected chi connectivity index (χ2v) is 3.37. The van der Waals surface area contributed by atoms with Gasteiger partial charge in [0.25, 0.3) is 0 Å². The van der Waals surface area contributed by atoms with Gasteiger partial charge < -0.3 is 4.74 Å². The average Bonchev–Trinajstić information content (AvgIpc) is 2.25. The van der Waals surface area contributed by atoms with Crippen molar-refractivity contribution in [2.45, 2.75) is 6.54 Å². The van der Waals surface area contributed by atoms with Crippen LogP contribution in [-0.4, -0.2) is 26.2 Å². The van der Waals surface area contributed by atoms with E-state index in [-0.39, 0.29) is 0 Å². The van der Waals surface area contributed by atoms with Crippen molar-refractivity contribution in [1.82, 2.24) is 10.4 Å². The molecule has 1 rings (SSSR count). The highest BCUT2D eigenvalue weighted by molar-refractivity contribution is 5.41. The van der Waals surface area contributed by atoms with Crippen LogP contribution in [0.5, 0.6) is 5.75 Å². The van der Waals surface area contributed by atoms with Crippen LogP contribution in [0.15, 0.2) is 18.2 Å². The van der Waals surface area contributed by atoms with Crippen molar-refractivity contribution in [3.63, 3.8) is 0 Å². The molecule has 0 atom stereocenters. The van der Waals surface area contributed by atoms with Gasteiger partial charge in [0.1, 0.15) is 5.75 Å². The van der Waals surface area contributed by atoms with Gasteiger partial charge in [0.05, 0.1) is 18.7 Å². The highest BCUT2D eigenvalue weighted by Gasteiger charge is 2.04. The molecular formula is C11H15N3O. The van der Waals surface area contributed by atoms with Gasteiger partial charge in [-0.05, 0) is 18.2 Å². The normalized spacial score (nSPS) is 10.1. The number of nitrogens with one attached hydrogen (secondary N) is 1. The topological polar surface area (TPSA) is 48.3 Å². The van der Waals surface area contributed by atoms with Crippen LogP contribution in [0.25, 0.3) is 0 Å². The zero-order valence-electron chi connectivity index (χ0n) is 9.24. The highest BCUT2D eigenvalue weighted by atomic mass is 16.5. The first kappa shape index (κ1) is 11.5. The van der Waals surface area contributed by atoms with E-state index in [4.69, 9.17) is 10.00 Å². The molecule has 0 saturated heterocycles. The lowest BCUT2D eigenvalue weighted by atomic mass is 10.1. The Hall–Kier alpha value is -1.57. The maximum Gasteiger partial charge on any atom is 0.123 e. The smallest absolute Gasteiger partial charge is 0.123 e. The SMILES string of the molecule is COc1ccc(C#N)cc1CNN(C)C. The predicted octanol–water partition coefficient (Wildman–Crippen LogP) is 1.13. The van der Waals surface area contributed by atoms with Crippen LogP contribution in [0.1, 0.15) is 11.1 Å². The molecule has 0 saturated carbocycles. The van der Waals surface area contributed by atoms with Gasteiger partial charge in [0.15, 0.2) is 0 Å². The molecule has 0 aliphatic heterocycles. The van der Waals surface area contributed by atoms with Gasteiger partial charge in [-0.3, -0.25) is 10.4 Å². The van der Waals surface area contributed by atoms with Crippen LogP contribution < -0.4 is 10.2 Å². The average molecular weight is 205 g/mol. The van der Waals surface area contributed by atoms with Gasteiger partial charge >= 0.3 is 0 Å². The van der Waals surface area contributed by atoms with E-state index >= 15 is 0 Å². The molecule has 0 heterocycles. The molecule has 1 aromatic carbocycles. The second kappa shape index (κ2) is 5.35. The zero-order valence-corrected chi connectivity index (χ0v) is 9.24. The van der Waals surface area contributed by atoms with E-state index in [1.54, 1.807) is 13.2 Å². The third-order valence-electron chi connectivity index (χ3n) is 2.00. The molecular weight excluding hydrogens is 190 g/mol. The van der Waals surface area contributed by atoms with Crippen LogP contribution >= 0.6 is 0 Å². The molecule has 1 aromatic rings. The molecule has 4 heteroatoms. The minimum absolute atomic E-state index is 0.645. The summed E-state index contributed by atoms with van der Waals surface area (Å²) in [5.74, 6) is 0.795. The second-order valence-electron chi connectivity index (χ2n) is 3.37. The summed E-state index contributed by atoms with van der Waals surface area (Å²) in [5, 5.41) is 10.6. The molecule has 0 aliphatic rings. The molecule has 0 bridgehead atoms. The first-order valence-electron chi connectivity index (χ1n) is 4.65. The van der Waals surface area contributed by atoms with Gasteiger partial charge in [-0.25, -0.2) is 0 Å². The van der Waals surface area contributed by atoms with Crippen molar-refractivity contribution in [2.24, 2.45) is 0 Å². The molecule has 0 amide bonds. The lowest BCUT2D eigenvalue weighted by Gasteiger charge is -2.14. The van der Waals surface area contributed by atoms with Crippen LogP contribution in [0.4, 0.5) is 0 Å². The number of methoxy groups -OCH3 is 1. The van der Waals surface area contributed by atoms with Crippen molar-refractivity contribution < 1.29 is 4.74 Å². The fraction of sp³-hybridized carbons (Fsp3) is 0.364. The molecule has 0 spiro atoms. The number of benzene rings is 1. The van der Waals surface area contributed by atoms with E-state index in [9.17, 15) is 0 Å². The number of hydrogen-bond acceptors (Lipinski definition) is 4. The van der Waals surface area contributed by atoms with Crippen molar-refractivity contribution in [3.8, 4) is 11.8 Å². The summed E-state index contributed by atoms with van der Waals surface area (Å²) in [6.07, 6.45) is 0. The lowest BCUT2D eigenvalue weighted by molar-refractivity contribution is 0.283. The van der Waals surface area contributed by atoms with Crippen molar-refractivity contribution in [3.05, 3.63) is 29.3 Å². The van der Waals surface area contributed by atoms with Crippen LogP contribution in [0.2, 0.25) is 0 Å². The Bertz CT molecular complexity index is 369. The summed E-state index contributed by atoms with van der Waals surface area (Å²) in [6.45, 7) is 0.645. The Kier molecular flexibility index (Phi) is 4.10. The number of nitriles is 1. The Balaban J connectivity index is 2.87. The van der Waals surface area contributed by atoms with Gasteiger partial charge in [-0.15, -0.1) is 0 Å². The fourth-order valence-electron chi connectivity index (χ4n) is 1.23. The standard InChI is InChI=1S/C11H15N3O/c1-14(2)13-8-10-6-9(7-12)4-5-11(10)15-3/h4-6,13H,8H2,1-3H3. The van der Waals surface area contributed by atoms with E-state index < -0.39 is 0 Å². The number of hydrogen-bond donors (Lipinski definition) is 1. The first-order chi connectivity index (χ1) is 7.17. The van der Waals surface area contributed by atoms with Crippen LogP contribution in [0.3, 0.4) is 0 Å². The highest BCUT2D eigenvalue weighted by Crippen LogP contribution is 2.19. The monoisotopic (exact) mass is 205 g/mol. The Morgan fingerprint density at radius 3 is 2.73 bits per heavy atom. The van der Waals surface area contributed by atoms with Gasteiger partial charge in [0.2, 0.25) is 0 Å². The lowest BCUT2D eigenvalue weighted by Crippen LogP contribution is -2.29. The number of ether oxygens (including phenoxy) is 1. The summed E-state index contributed by atoms with van der Waals surface area (Å²) in [4.78, 5) is 0. The molecule has 0 radical (unpaired) electrons. The van der Waals surface area contributed by atoms with Gasteiger partial charge in [-0.2, -0.15) is 5.26 Å². The number of nitrogens with zero attached hydrogens (tertiary/aromatic N) is 2. The zero-order chi connectivity index (χ0) is 11.3. The molecule has 15 heavy (non-hydrogen) atoms. The minimum Gasteiger partial charge on any atom is -0.496 e. The van der Waals surface area contributed by atoms with Crippen molar-refractivity contribution in [1.29, 1.82) is 5.26 Å². The summed E-state index contributed by atoms with van der Waals surface area (Å²) in [5.41, 5.74) is 4.75. The summed E-state index contributed by atoms with van der Waals surface area (Å²) in [6, 6.07) is 7.50. The van der Waals surface area contributed by atoms with Crippen LogP contribution in [0, 0.1) is 11.3 Å². The van der Waals surface area contributed by atoms with E-state index in [2.05, 4.69) is 11.5 Å². The Morgan fingerprint density at radius 2 is 2.20 bits per heavy atom. The maximum absolute atomic E-state index is 8.78. The quantitative estimate of drug-likeness (QED) is 0.749. The van der Waals surface area contributed by atoms with Gasteiger partial charge in [0, 0.05) is 26.2 Å². The van der Waals surface area contributed by atoms with Gasteiger partial charge in [-0.1, -0.05) is 0 Å². The molecule has 4 nitrogen and oxygen atoms in total. The van der Waals surface area contributed by atoms with Crippen LogP contribution in [-0.2, 0) is 6.54 Å². The number of hydrazine groups is 1. The largest absolute Gasteiger partial charge is 0.496 e. The fourth-order valence-corrected chi connectivity index (χ4v) is 1.23. The molecule has 0 unspecified atom stereocenters. The maximum atomic E-state index is 8.78. The van der Waals surface area contributed by atoms with E-state index in [1.165, 1.54) is 0 Å². The predicted molar refractivity (Wildman–Crippen MR) is 58.2 cm³/mol. The molecule has 0 fully saturated rings. The Morgan fingerprint density at radius 1 is 1.47 bits per heavy atom. The number of rotatable bonds is 4.